The highest BCUT2D eigenvalue weighted by molar-refractivity contribution is 6.33. The summed E-state index contributed by atoms with van der Waals surface area (Å²) in [6, 6.07) is 16.8. The maximum Gasteiger partial charge on any atom is 0.269 e. The highest BCUT2D eigenvalue weighted by Gasteiger charge is 2.12. The van der Waals surface area contributed by atoms with Crippen molar-refractivity contribution in [3.63, 3.8) is 0 Å². The van der Waals surface area contributed by atoms with Gasteiger partial charge in [-0.2, -0.15) is 0 Å². The molecule has 180 valence electrons. The Morgan fingerprint density at radius 2 is 1.86 bits per heavy atom. The third-order valence-electron chi connectivity index (χ3n) is 5.69. The molecule has 3 heterocycles. The van der Waals surface area contributed by atoms with Crippen molar-refractivity contribution in [1.82, 2.24) is 24.8 Å². The molecule has 1 amide bonds. The molecule has 2 N–H and O–H groups in total. The van der Waals surface area contributed by atoms with Crippen molar-refractivity contribution in [1.29, 1.82) is 0 Å². The SMILES string of the molecule is CNC(=O)c1cc(Oc2ccc3c(c2)nc(Nc2ccc(Cl)c(-c4cncc(C)c4)c2)n3C)ccn1. The van der Waals surface area contributed by atoms with Crippen molar-refractivity contribution in [3.05, 3.63) is 89.5 Å². The predicted molar refractivity (Wildman–Crippen MR) is 141 cm³/mol. The van der Waals surface area contributed by atoms with Gasteiger partial charge in [-0.3, -0.25) is 14.8 Å². The van der Waals surface area contributed by atoms with E-state index in [9.17, 15) is 4.79 Å². The molecule has 0 aliphatic rings. The molecule has 2 aromatic carbocycles. The van der Waals surface area contributed by atoms with E-state index in [1.54, 1.807) is 25.4 Å². The van der Waals surface area contributed by atoms with Gasteiger partial charge in [-0.15, -0.1) is 0 Å². The van der Waals surface area contributed by atoms with Crippen LogP contribution in [0.4, 0.5) is 11.6 Å². The van der Waals surface area contributed by atoms with Crippen LogP contribution in [-0.2, 0) is 7.05 Å². The van der Waals surface area contributed by atoms with E-state index in [0.29, 0.717) is 22.5 Å². The fourth-order valence-electron chi connectivity index (χ4n) is 3.87. The van der Waals surface area contributed by atoms with Crippen LogP contribution >= 0.6 is 11.6 Å². The van der Waals surface area contributed by atoms with Gasteiger partial charge in [0.2, 0.25) is 5.95 Å². The number of rotatable bonds is 6. The standard InChI is InChI=1S/C27H23ClN6O2/c1-16-10-17(15-30-14-16)21-11-18(4-6-22(21)28)32-27-33-23-12-19(5-7-25(23)34(27)3)36-20-8-9-31-24(13-20)26(35)29-2/h4-15H,1-3H3,(H,29,35)(H,32,33). The fraction of sp³-hybridized carbons (Fsp3) is 0.111. The van der Waals surface area contributed by atoms with Crippen LogP contribution in [0.3, 0.4) is 0 Å². The Labute approximate surface area is 213 Å². The van der Waals surface area contributed by atoms with Crippen molar-refractivity contribution in [2.75, 3.05) is 12.4 Å². The lowest BCUT2D eigenvalue weighted by Gasteiger charge is -2.10. The number of imidazole rings is 1. The fourth-order valence-corrected chi connectivity index (χ4v) is 4.10. The number of fused-ring (bicyclic) bond motifs is 1. The summed E-state index contributed by atoms with van der Waals surface area (Å²) < 4.78 is 7.94. The summed E-state index contributed by atoms with van der Waals surface area (Å²) in [5, 5.41) is 6.59. The van der Waals surface area contributed by atoms with Gasteiger partial charge in [-0.1, -0.05) is 11.6 Å². The van der Waals surface area contributed by atoms with E-state index in [4.69, 9.17) is 21.3 Å². The van der Waals surface area contributed by atoms with Crippen LogP contribution in [-0.4, -0.2) is 32.5 Å². The number of hydrogen-bond donors (Lipinski definition) is 2. The molecule has 0 bridgehead atoms. The zero-order valence-electron chi connectivity index (χ0n) is 19.9. The summed E-state index contributed by atoms with van der Waals surface area (Å²) in [5.74, 6) is 1.50. The molecule has 0 aliphatic heterocycles. The van der Waals surface area contributed by atoms with E-state index in [1.165, 1.54) is 6.20 Å². The summed E-state index contributed by atoms with van der Waals surface area (Å²) in [4.78, 5) is 25.0. The molecule has 0 saturated carbocycles. The molecule has 0 aliphatic carbocycles. The van der Waals surface area contributed by atoms with Crippen molar-refractivity contribution in [2.24, 2.45) is 7.05 Å². The van der Waals surface area contributed by atoms with Crippen LogP contribution in [0.1, 0.15) is 16.1 Å². The molecular formula is C27H23ClN6O2. The highest BCUT2D eigenvalue weighted by Crippen LogP contribution is 2.33. The van der Waals surface area contributed by atoms with Gasteiger partial charge in [0.15, 0.2) is 0 Å². The molecule has 9 heteroatoms. The minimum absolute atomic E-state index is 0.277. The molecule has 0 saturated heterocycles. The second kappa shape index (κ2) is 9.67. The molecule has 8 nitrogen and oxygen atoms in total. The number of nitrogens with zero attached hydrogens (tertiary/aromatic N) is 4. The van der Waals surface area contributed by atoms with Crippen molar-refractivity contribution < 1.29 is 9.53 Å². The van der Waals surface area contributed by atoms with Crippen molar-refractivity contribution in [3.8, 4) is 22.6 Å². The molecular weight excluding hydrogens is 476 g/mol. The van der Waals surface area contributed by atoms with E-state index < -0.39 is 0 Å². The Morgan fingerprint density at radius 3 is 2.67 bits per heavy atom. The lowest BCUT2D eigenvalue weighted by molar-refractivity contribution is 0.0958. The first-order valence-corrected chi connectivity index (χ1v) is 11.6. The number of aryl methyl sites for hydroxylation is 2. The topological polar surface area (TPSA) is 94.0 Å². The summed E-state index contributed by atoms with van der Waals surface area (Å²) >= 11 is 6.48. The lowest BCUT2D eigenvalue weighted by Crippen LogP contribution is -2.18. The van der Waals surface area contributed by atoms with Gasteiger partial charge in [0.1, 0.15) is 17.2 Å². The van der Waals surface area contributed by atoms with E-state index in [1.807, 2.05) is 61.1 Å². The summed E-state index contributed by atoms with van der Waals surface area (Å²) in [6.45, 7) is 2.00. The first-order valence-electron chi connectivity index (χ1n) is 11.2. The number of halogens is 1. The van der Waals surface area contributed by atoms with Gasteiger partial charge < -0.3 is 19.9 Å². The quantitative estimate of drug-likeness (QED) is 0.303. The number of carbonyl (C=O) groups excluding carboxylic acids is 1. The molecule has 0 unspecified atom stereocenters. The number of amides is 1. The minimum atomic E-state index is -0.277. The Hall–Kier alpha value is -4.43. The average molecular weight is 499 g/mol. The van der Waals surface area contributed by atoms with Crippen LogP contribution in [0.25, 0.3) is 22.2 Å². The molecule has 0 fully saturated rings. The average Bonchev–Trinajstić information content (AvgIpc) is 3.19. The van der Waals surface area contributed by atoms with Crippen LogP contribution in [0.15, 0.2) is 73.2 Å². The smallest absolute Gasteiger partial charge is 0.269 e. The Balaban J connectivity index is 1.42. The molecule has 0 radical (unpaired) electrons. The highest BCUT2D eigenvalue weighted by atomic mass is 35.5. The van der Waals surface area contributed by atoms with E-state index in [0.717, 1.165) is 33.4 Å². The minimum Gasteiger partial charge on any atom is -0.457 e. The van der Waals surface area contributed by atoms with Gasteiger partial charge >= 0.3 is 0 Å². The molecule has 5 aromatic rings. The van der Waals surface area contributed by atoms with Crippen LogP contribution in [0.2, 0.25) is 5.02 Å². The number of anilines is 2. The van der Waals surface area contributed by atoms with Crippen molar-refractivity contribution >= 4 is 40.2 Å². The largest absolute Gasteiger partial charge is 0.457 e. The Kier molecular flexibility index (Phi) is 6.26. The summed E-state index contributed by atoms with van der Waals surface area (Å²) in [5.41, 5.74) is 5.73. The number of pyridine rings is 2. The van der Waals surface area contributed by atoms with E-state index in [2.05, 4.69) is 26.7 Å². The van der Waals surface area contributed by atoms with Crippen LogP contribution in [0.5, 0.6) is 11.5 Å². The maximum atomic E-state index is 11.9. The monoisotopic (exact) mass is 498 g/mol. The lowest BCUT2D eigenvalue weighted by atomic mass is 10.1. The number of aromatic nitrogens is 4. The number of nitrogens with one attached hydrogen (secondary N) is 2. The third-order valence-corrected chi connectivity index (χ3v) is 6.02. The first-order chi connectivity index (χ1) is 17.4. The number of hydrogen-bond acceptors (Lipinski definition) is 6. The Bertz CT molecular complexity index is 1600. The zero-order valence-corrected chi connectivity index (χ0v) is 20.7. The normalized spacial score (nSPS) is 10.9. The molecule has 36 heavy (non-hydrogen) atoms. The van der Waals surface area contributed by atoms with Gasteiger partial charge in [0, 0.05) is 66.7 Å². The summed E-state index contributed by atoms with van der Waals surface area (Å²) in [6.07, 6.45) is 5.15. The van der Waals surface area contributed by atoms with E-state index in [-0.39, 0.29) is 11.6 Å². The second-order valence-corrected chi connectivity index (χ2v) is 8.68. The number of ether oxygens (including phenoxy) is 1. The number of benzene rings is 2. The number of carbonyl (C=O) groups is 1. The second-order valence-electron chi connectivity index (χ2n) is 8.27. The van der Waals surface area contributed by atoms with Gasteiger partial charge in [-0.25, -0.2) is 4.98 Å². The van der Waals surface area contributed by atoms with Crippen LogP contribution < -0.4 is 15.4 Å². The molecule has 0 spiro atoms. The van der Waals surface area contributed by atoms with Gasteiger partial charge in [0.25, 0.3) is 5.91 Å². The summed E-state index contributed by atoms with van der Waals surface area (Å²) in [7, 11) is 3.50. The van der Waals surface area contributed by atoms with Gasteiger partial charge in [-0.05, 0) is 55.0 Å². The molecule has 5 rings (SSSR count). The van der Waals surface area contributed by atoms with Crippen LogP contribution in [0, 0.1) is 6.92 Å². The van der Waals surface area contributed by atoms with Crippen molar-refractivity contribution in [2.45, 2.75) is 6.92 Å². The maximum absolute atomic E-state index is 11.9. The molecule has 0 atom stereocenters. The zero-order chi connectivity index (χ0) is 25.2. The Morgan fingerprint density at radius 1 is 1.03 bits per heavy atom. The predicted octanol–water partition coefficient (Wildman–Crippen LogP) is 5.89. The third kappa shape index (κ3) is 4.71. The molecule has 3 aromatic heterocycles. The van der Waals surface area contributed by atoms with Gasteiger partial charge in [0.05, 0.1) is 11.0 Å². The first kappa shape index (κ1) is 23.3. The van der Waals surface area contributed by atoms with E-state index >= 15 is 0 Å².